The van der Waals surface area contributed by atoms with Gasteiger partial charge in [0.05, 0.1) is 5.92 Å². The van der Waals surface area contributed by atoms with Crippen molar-refractivity contribution in [3.8, 4) is 0 Å². The van der Waals surface area contributed by atoms with Crippen molar-refractivity contribution in [2.24, 2.45) is 5.92 Å². The number of aliphatic carboxylic acids is 1. The van der Waals surface area contributed by atoms with Gasteiger partial charge < -0.3 is 14.9 Å². The number of amides is 1. The number of benzene rings is 1. The first-order valence-electron chi connectivity index (χ1n) is 6.98. The molecule has 0 bridgehead atoms. The number of likely N-dealkylation sites (tertiary alicyclic amines) is 1. The number of carboxylic acids is 1. The second-order valence-corrected chi connectivity index (χ2v) is 5.44. The molecule has 5 nitrogen and oxygen atoms in total. The maximum absolute atomic E-state index is 11.8. The van der Waals surface area contributed by atoms with Gasteiger partial charge in [-0.25, -0.2) is 0 Å². The third-order valence-electron chi connectivity index (χ3n) is 4.19. The molecule has 106 valence electrons. The molecular formula is C15H18N2O3. The molecule has 1 aromatic carbocycles. The van der Waals surface area contributed by atoms with E-state index in [0.29, 0.717) is 13.1 Å². The minimum absolute atomic E-state index is 0.0371. The zero-order chi connectivity index (χ0) is 14.1. The molecule has 1 amide bonds. The number of carbonyl (C=O) groups is 2. The largest absolute Gasteiger partial charge is 0.481 e. The van der Waals surface area contributed by atoms with Crippen molar-refractivity contribution in [2.75, 3.05) is 31.1 Å². The van der Waals surface area contributed by atoms with E-state index in [9.17, 15) is 9.59 Å². The predicted octanol–water partition coefficient (Wildman–Crippen LogP) is 0.982. The van der Waals surface area contributed by atoms with Gasteiger partial charge in [-0.2, -0.15) is 0 Å². The summed E-state index contributed by atoms with van der Waals surface area (Å²) in [5, 5.41) is 8.97. The Balaban J connectivity index is 1.59. The van der Waals surface area contributed by atoms with Crippen molar-refractivity contribution < 1.29 is 14.7 Å². The van der Waals surface area contributed by atoms with Crippen LogP contribution in [0.15, 0.2) is 24.3 Å². The summed E-state index contributed by atoms with van der Waals surface area (Å²) in [5.41, 5.74) is 2.59. The lowest BCUT2D eigenvalue weighted by Gasteiger charge is -2.23. The van der Waals surface area contributed by atoms with Gasteiger partial charge >= 0.3 is 5.97 Å². The maximum atomic E-state index is 11.8. The molecule has 1 saturated heterocycles. The van der Waals surface area contributed by atoms with E-state index in [0.717, 1.165) is 19.5 Å². The highest BCUT2D eigenvalue weighted by Gasteiger charge is 2.34. The van der Waals surface area contributed by atoms with E-state index in [1.54, 1.807) is 4.90 Å². The van der Waals surface area contributed by atoms with Gasteiger partial charge in [0.15, 0.2) is 0 Å². The molecule has 3 rings (SSSR count). The fourth-order valence-electron chi connectivity index (χ4n) is 3.03. The molecule has 2 heterocycles. The van der Waals surface area contributed by atoms with Crippen molar-refractivity contribution in [3.05, 3.63) is 29.8 Å². The van der Waals surface area contributed by atoms with Crippen LogP contribution in [0.1, 0.15) is 12.0 Å². The number of anilines is 1. The fraction of sp³-hybridized carbons (Fsp3) is 0.467. The summed E-state index contributed by atoms with van der Waals surface area (Å²) >= 11 is 0. The van der Waals surface area contributed by atoms with Gasteiger partial charge in [0.1, 0.15) is 0 Å². The van der Waals surface area contributed by atoms with Gasteiger partial charge in [-0.15, -0.1) is 0 Å². The van der Waals surface area contributed by atoms with E-state index in [-0.39, 0.29) is 12.3 Å². The second-order valence-electron chi connectivity index (χ2n) is 5.44. The van der Waals surface area contributed by atoms with Crippen molar-refractivity contribution >= 4 is 17.6 Å². The SMILES string of the molecule is O=C(O)C1CC(=O)N(CCN2CCc3ccccc32)C1. The second kappa shape index (κ2) is 5.15. The third kappa shape index (κ3) is 2.35. The van der Waals surface area contributed by atoms with Crippen molar-refractivity contribution in [2.45, 2.75) is 12.8 Å². The number of para-hydroxylation sites is 1. The van der Waals surface area contributed by atoms with Gasteiger partial charge in [-0.1, -0.05) is 18.2 Å². The zero-order valence-corrected chi connectivity index (χ0v) is 11.3. The average Bonchev–Trinajstić information content (AvgIpc) is 3.00. The lowest BCUT2D eigenvalue weighted by Crippen LogP contribution is -2.35. The van der Waals surface area contributed by atoms with E-state index in [1.807, 2.05) is 12.1 Å². The Kier molecular flexibility index (Phi) is 3.34. The summed E-state index contributed by atoms with van der Waals surface area (Å²) in [4.78, 5) is 26.7. The van der Waals surface area contributed by atoms with E-state index in [4.69, 9.17) is 5.11 Å². The molecule has 0 spiro atoms. The van der Waals surface area contributed by atoms with Crippen LogP contribution in [0.25, 0.3) is 0 Å². The lowest BCUT2D eigenvalue weighted by atomic mass is 10.1. The van der Waals surface area contributed by atoms with E-state index in [2.05, 4.69) is 17.0 Å². The highest BCUT2D eigenvalue weighted by Crippen LogP contribution is 2.27. The van der Waals surface area contributed by atoms with E-state index in [1.165, 1.54) is 11.3 Å². The monoisotopic (exact) mass is 274 g/mol. The third-order valence-corrected chi connectivity index (χ3v) is 4.19. The Bertz CT molecular complexity index is 544. The van der Waals surface area contributed by atoms with Gasteiger partial charge in [0.25, 0.3) is 0 Å². The van der Waals surface area contributed by atoms with Crippen molar-refractivity contribution in [1.29, 1.82) is 0 Å². The van der Waals surface area contributed by atoms with Crippen LogP contribution in [0.2, 0.25) is 0 Å². The predicted molar refractivity (Wildman–Crippen MR) is 74.7 cm³/mol. The van der Waals surface area contributed by atoms with Gasteiger partial charge in [-0.05, 0) is 18.1 Å². The smallest absolute Gasteiger partial charge is 0.308 e. The summed E-state index contributed by atoms with van der Waals surface area (Å²) in [6.45, 7) is 2.71. The molecule has 0 radical (unpaired) electrons. The Labute approximate surface area is 117 Å². The molecule has 5 heteroatoms. The van der Waals surface area contributed by atoms with Crippen molar-refractivity contribution in [3.63, 3.8) is 0 Å². The first-order chi connectivity index (χ1) is 9.65. The Hall–Kier alpha value is -2.04. The number of carbonyl (C=O) groups excluding carboxylic acids is 1. The van der Waals surface area contributed by atoms with Crippen LogP contribution in [-0.2, 0) is 16.0 Å². The molecule has 0 aliphatic carbocycles. The summed E-state index contributed by atoms with van der Waals surface area (Å²) in [6.07, 6.45) is 1.19. The molecule has 1 atom stereocenters. The Morgan fingerprint density at radius 1 is 1.25 bits per heavy atom. The van der Waals surface area contributed by atoms with Gasteiger partial charge in [-0.3, -0.25) is 9.59 Å². The highest BCUT2D eigenvalue weighted by atomic mass is 16.4. The molecular weight excluding hydrogens is 256 g/mol. The van der Waals surface area contributed by atoms with Crippen LogP contribution in [0.4, 0.5) is 5.69 Å². The summed E-state index contributed by atoms with van der Waals surface area (Å²) in [5.74, 6) is -1.44. The minimum atomic E-state index is -0.868. The van der Waals surface area contributed by atoms with Crippen LogP contribution >= 0.6 is 0 Å². The number of fused-ring (bicyclic) bond motifs is 1. The molecule has 2 aliphatic heterocycles. The Morgan fingerprint density at radius 3 is 2.75 bits per heavy atom. The normalized spacial score (nSPS) is 21.4. The average molecular weight is 274 g/mol. The number of hydrogen-bond acceptors (Lipinski definition) is 3. The summed E-state index contributed by atoms with van der Waals surface area (Å²) in [7, 11) is 0. The quantitative estimate of drug-likeness (QED) is 0.889. The van der Waals surface area contributed by atoms with Crippen molar-refractivity contribution in [1.82, 2.24) is 4.90 Å². The first-order valence-corrected chi connectivity index (χ1v) is 6.98. The van der Waals surface area contributed by atoms with E-state index >= 15 is 0 Å². The van der Waals surface area contributed by atoms with Crippen LogP contribution in [0, 0.1) is 5.92 Å². The molecule has 2 aliphatic rings. The fourth-order valence-corrected chi connectivity index (χ4v) is 3.03. The summed E-state index contributed by atoms with van der Waals surface area (Å²) < 4.78 is 0. The molecule has 1 unspecified atom stereocenters. The number of carboxylic acid groups (broad SMARTS) is 1. The van der Waals surface area contributed by atoms with Crippen LogP contribution in [-0.4, -0.2) is 48.1 Å². The van der Waals surface area contributed by atoms with E-state index < -0.39 is 11.9 Å². The van der Waals surface area contributed by atoms with Gasteiger partial charge in [0.2, 0.25) is 5.91 Å². The van der Waals surface area contributed by atoms with Gasteiger partial charge in [0, 0.05) is 38.3 Å². The van der Waals surface area contributed by atoms with Crippen LogP contribution in [0.3, 0.4) is 0 Å². The number of nitrogens with zero attached hydrogens (tertiary/aromatic N) is 2. The molecule has 20 heavy (non-hydrogen) atoms. The summed E-state index contributed by atoms with van der Waals surface area (Å²) in [6, 6.07) is 8.31. The van der Waals surface area contributed by atoms with Crippen LogP contribution < -0.4 is 4.90 Å². The minimum Gasteiger partial charge on any atom is -0.481 e. The first kappa shape index (κ1) is 13.0. The molecule has 0 aromatic heterocycles. The van der Waals surface area contributed by atoms with Crippen LogP contribution in [0.5, 0.6) is 0 Å². The standard InChI is InChI=1S/C15H18N2O3/c18-14-9-12(15(19)20)10-17(14)8-7-16-6-5-11-3-1-2-4-13(11)16/h1-4,12H,5-10H2,(H,19,20). The molecule has 0 saturated carbocycles. The number of hydrogen-bond donors (Lipinski definition) is 1. The topological polar surface area (TPSA) is 60.9 Å². The Morgan fingerprint density at radius 2 is 2.00 bits per heavy atom. The maximum Gasteiger partial charge on any atom is 0.308 e. The lowest BCUT2D eigenvalue weighted by molar-refractivity contribution is -0.141. The molecule has 1 N–H and O–H groups in total. The highest BCUT2D eigenvalue weighted by molar-refractivity contribution is 5.86. The molecule has 1 aromatic rings. The molecule has 1 fully saturated rings. The number of rotatable bonds is 4. The zero-order valence-electron chi connectivity index (χ0n) is 11.3.